The van der Waals surface area contributed by atoms with Gasteiger partial charge in [0.15, 0.2) is 0 Å². The van der Waals surface area contributed by atoms with Gasteiger partial charge in [-0.2, -0.15) is 0 Å². The molecule has 3 aromatic rings. The van der Waals surface area contributed by atoms with E-state index in [1.807, 2.05) is 74.5 Å². The normalized spacial score (nSPS) is 11.1. The number of nitrogens with zero attached hydrogens (tertiary/aromatic N) is 1. The summed E-state index contributed by atoms with van der Waals surface area (Å²) >= 11 is 0. The Hall–Kier alpha value is -3.32. The summed E-state index contributed by atoms with van der Waals surface area (Å²) in [6.07, 6.45) is 1.80. The van der Waals surface area contributed by atoms with Crippen molar-refractivity contribution in [3.63, 3.8) is 0 Å². The Morgan fingerprint density at radius 1 is 0.939 bits per heavy atom. The number of aryl methyl sites for hydroxylation is 2. The van der Waals surface area contributed by atoms with Crippen LogP contribution in [0.2, 0.25) is 0 Å². The summed E-state index contributed by atoms with van der Waals surface area (Å²) in [5, 5.41) is 2.85. The molecule has 0 saturated carbocycles. The molecule has 0 radical (unpaired) electrons. The number of amides is 1. The highest BCUT2D eigenvalue weighted by atomic mass is 32.2. The highest BCUT2D eigenvalue weighted by Crippen LogP contribution is 2.22. The second-order valence-electron chi connectivity index (χ2n) is 8.13. The van der Waals surface area contributed by atoms with E-state index < -0.39 is 10.0 Å². The van der Waals surface area contributed by atoms with E-state index >= 15 is 0 Å². The van der Waals surface area contributed by atoms with Crippen molar-refractivity contribution in [2.24, 2.45) is 0 Å². The first kappa shape index (κ1) is 24.3. The number of anilines is 2. The van der Waals surface area contributed by atoms with Crippen molar-refractivity contribution >= 4 is 27.3 Å². The van der Waals surface area contributed by atoms with Gasteiger partial charge in [0.05, 0.1) is 11.9 Å². The van der Waals surface area contributed by atoms with Crippen molar-refractivity contribution < 1.29 is 17.9 Å². The van der Waals surface area contributed by atoms with Crippen molar-refractivity contribution in [3.8, 4) is 5.75 Å². The minimum absolute atomic E-state index is 0.165. The lowest BCUT2D eigenvalue weighted by atomic mass is 10.1. The molecular formula is C26H30N2O4S. The Morgan fingerprint density at radius 3 is 2.18 bits per heavy atom. The number of rotatable bonds is 10. The lowest BCUT2D eigenvalue weighted by Gasteiger charge is -2.23. The van der Waals surface area contributed by atoms with E-state index in [1.165, 1.54) is 10.6 Å². The van der Waals surface area contributed by atoms with E-state index in [0.717, 1.165) is 16.7 Å². The molecule has 0 fully saturated rings. The van der Waals surface area contributed by atoms with E-state index in [2.05, 4.69) is 5.32 Å². The molecule has 1 N–H and O–H groups in total. The largest absolute Gasteiger partial charge is 0.489 e. The topological polar surface area (TPSA) is 75.7 Å². The lowest BCUT2D eigenvalue weighted by Crippen LogP contribution is -2.31. The molecule has 33 heavy (non-hydrogen) atoms. The third-order valence-electron chi connectivity index (χ3n) is 5.05. The van der Waals surface area contributed by atoms with Crippen LogP contribution in [0.25, 0.3) is 0 Å². The van der Waals surface area contributed by atoms with Crippen molar-refractivity contribution in [2.75, 3.05) is 22.4 Å². The molecule has 0 saturated heterocycles. The van der Waals surface area contributed by atoms with Crippen molar-refractivity contribution in [2.45, 2.75) is 33.3 Å². The van der Waals surface area contributed by atoms with Crippen LogP contribution >= 0.6 is 0 Å². The Labute approximate surface area is 196 Å². The molecule has 3 aromatic carbocycles. The van der Waals surface area contributed by atoms with Crippen LogP contribution in [0.15, 0.2) is 72.8 Å². The number of nitrogens with one attached hydrogen (secondary N) is 1. The first-order valence-corrected chi connectivity index (χ1v) is 12.7. The monoisotopic (exact) mass is 466 g/mol. The van der Waals surface area contributed by atoms with Crippen molar-refractivity contribution in [3.05, 3.63) is 89.5 Å². The number of sulfonamides is 1. The summed E-state index contributed by atoms with van der Waals surface area (Å²) in [5.41, 5.74) is 4.36. The highest BCUT2D eigenvalue weighted by Gasteiger charge is 2.18. The maximum atomic E-state index is 12.4. The summed E-state index contributed by atoms with van der Waals surface area (Å²) in [4.78, 5) is 12.4. The minimum Gasteiger partial charge on any atom is -0.489 e. The van der Waals surface area contributed by atoms with E-state index in [4.69, 9.17) is 4.74 Å². The van der Waals surface area contributed by atoms with Crippen LogP contribution in [0.4, 0.5) is 11.4 Å². The Balaban J connectivity index is 1.50. The summed E-state index contributed by atoms with van der Waals surface area (Å²) in [6.45, 7) is 4.58. The molecule has 1 amide bonds. The van der Waals surface area contributed by atoms with Gasteiger partial charge in [-0.15, -0.1) is 0 Å². The average molecular weight is 467 g/mol. The second-order valence-corrected chi connectivity index (χ2v) is 10.0. The Morgan fingerprint density at radius 2 is 1.58 bits per heavy atom. The van der Waals surface area contributed by atoms with Crippen LogP contribution in [0.5, 0.6) is 5.75 Å². The van der Waals surface area contributed by atoms with Crippen LogP contribution in [0.1, 0.15) is 29.5 Å². The van der Waals surface area contributed by atoms with Gasteiger partial charge in [0.2, 0.25) is 15.9 Å². The molecule has 0 aliphatic rings. The molecule has 0 unspecified atom stereocenters. The number of hydrogen-bond donors (Lipinski definition) is 1. The molecule has 0 aliphatic carbocycles. The zero-order valence-corrected chi connectivity index (χ0v) is 20.1. The standard InChI is InChI=1S/C26H30N2O4S/c1-20-16-21(2)18-24(17-20)28(33(3,30)31)15-7-10-26(29)27-23-11-13-25(14-12-23)32-19-22-8-5-4-6-9-22/h4-6,8-9,11-14,16-18H,7,10,15,19H2,1-3H3,(H,27,29). The van der Waals surface area contributed by atoms with Gasteiger partial charge in [-0.1, -0.05) is 36.4 Å². The molecule has 0 bridgehead atoms. The molecule has 174 valence electrons. The molecular weight excluding hydrogens is 436 g/mol. The molecule has 6 nitrogen and oxygen atoms in total. The Bertz CT molecular complexity index is 1160. The van der Waals surface area contributed by atoms with Gasteiger partial charge >= 0.3 is 0 Å². The summed E-state index contributed by atoms with van der Waals surface area (Å²) < 4.78 is 31.7. The van der Waals surface area contributed by atoms with Gasteiger partial charge in [0, 0.05) is 18.7 Å². The Kier molecular flexibility index (Phi) is 8.11. The van der Waals surface area contributed by atoms with Crippen LogP contribution in [0, 0.1) is 13.8 Å². The van der Waals surface area contributed by atoms with Gasteiger partial charge in [-0.05, 0) is 73.4 Å². The van der Waals surface area contributed by atoms with Crippen molar-refractivity contribution in [1.82, 2.24) is 0 Å². The number of benzene rings is 3. The second kappa shape index (κ2) is 11.0. The molecule has 0 spiro atoms. The van der Waals surface area contributed by atoms with Crippen LogP contribution in [-0.4, -0.2) is 27.1 Å². The molecule has 0 aromatic heterocycles. The fraction of sp³-hybridized carbons (Fsp3) is 0.269. The van der Waals surface area contributed by atoms with Gasteiger partial charge < -0.3 is 10.1 Å². The van der Waals surface area contributed by atoms with E-state index in [0.29, 0.717) is 30.2 Å². The minimum atomic E-state index is -3.45. The molecule has 7 heteroatoms. The summed E-state index contributed by atoms with van der Waals surface area (Å²) in [6, 6.07) is 22.8. The van der Waals surface area contributed by atoms with E-state index in [9.17, 15) is 13.2 Å². The predicted molar refractivity (Wildman–Crippen MR) is 133 cm³/mol. The third kappa shape index (κ3) is 7.64. The smallest absolute Gasteiger partial charge is 0.232 e. The third-order valence-corrected chi connectivity index (χ3v) is 6.24. The highest BCUT2D eigenvalue weighted by molar-refractivity contribution is 7.92. The fourth-order valence-corrected chi connectivity index (χ4v) is 4.51. The van der Waals surface area contributed by atoms with E-state index in [-0.39, 0.29) is 18.9 Å². The van der Waals surface area contributed by atoms with E-state index in [1.54, 1.807) is 12.1 Å². The van der Waals surface area contributed by atoms with Gasteiger partial charge in [-0.25, -0.2) is 8.42 Å². The SMILES string of the molecule is Cc1cc(C)cc(N(CCCC(=O)Nc2ccc(OCc3ccccc3)cc2)S(C)(=O)=O)c1. The first-order valence-electron chi connectivity index (χ1n) is 10.8. The number of carbonyl (C=O) groups is 1. The van der Waals surface area contributed by atoms with Gasteiger partial charge in [0.1, 0.15) is 12.4 Å². The van der Waals surface area contributed by atoms with Gasteiger partial charge in [0.25, 0.3) is 0 Å². The zero-order valence-electron chi connectivity index (χ0n) is 19.2. The van der Waals surface area contributed by atoms with Crippen LogP contribution in [0.3, 0.4) is 0 Å². The maximum Gasteiger partial charge on any atom is 0.232 e. The fourth-order valence-electron chi connectivity index (χ4n) is 3.56. The number of hydrogen-bond acceptors (Lipinski definition) is 4. The molecule has 3 rings (SSSR count). The quantitative estimate of drug-likeness (QED) is 0.453. The summed E-state index contributed by atoms with van der Waals surface area (Å²) in [7, 11) is -3.45. The predicted octanol–water partition coefficient (Wildman–Crippen LogP) is 5.07. The van der Waals surface area contributed by atoms with Crippen LogP contribution in [-0.2, 0) is 21.4 Å². The van der Waals surface area contributed by atoms with Crippen LogP contribution < -0.4 is 14.4 Å². The van der Waals surface area contributed by atoms with Crippen molar-refractivity contribution in [1.29, 1.82) is 0 Å². The zero-order chi connectivity index (χ0) is 23.8. The lowest BCUT2D eigenvalue weighted by molar-refractivity contribution is -0.116. The molecule has 0 atom stereocenters. The molecule has 0 heterocycles. The average Bonchev–Trinajstić information content (AvgIpc) is 2.75. The number of ether oxygens (including phenoxy) is 1. The number of carbonyl (C=O) groups excluding carboxylic acids is 1. The summed E-state index contributed by atoms with van der Waals surface area (Å²) in [5.74, 6) is 0.552. The molecule has 0 aliphatic heterocycles. The maximum absolute atomic E-state index is 12.4. The first-order chi connectivity index (χ1) is 15.7. The van der Waals surface area contributed by atoms with Gasteiger partial charge in [-0.3, -0.25) is 9.10 Å².